The number of fused-ring (bicyclic) bond motifs is 1. The van der Waals surface area contributed by atoms with E-state index in [9.17, 15) is 9.90 Å². The highest BCUT2D eigenvalue weighted by Gasteiger charge is 2.20. The Hall–Kier alpha value is -3.67. The molecule has 4 rings (SSSR count). The van der Waals surface area contributed by atoms with Crippen LogP contribution in [0.1, 0.15) is 60.6 Å². The number of rotatable bonds is 6. The van der Waals surface area contributed by atoms with Crippen LogP contribution in [0.5, 0.6) is 0 Å². The van der Waals surface area contributed by atoms with E-state index in [4.69, 9.17) is 4.74 Å². The van der Waals surface area contributed by atoms with E-state index in [0.29, 0.717) is 18.7 Å². The minimum absolute atomic E-state index is 0.104. The van der Waals surface area contributed by atoms with Gasteiger partial charge in [-0.25, -0.2) is 14.3 Å². The Bertz CT molecular complexity index is 1210. The van der Waals surface area contributed by atoms with Gasteiger partial charge in [0, 0.05) is 18.2 Å². The number of aromatic nitrogens is 3. The highest BCUT2D eigenvalue weighted by atomic mass is 16.5. The van der Waals surface area contributed by atoms with E-state index in [-0.39, 0.29) is 11.5 Å². The van der Waals surface area contributed by atoms with E-state index in [1.54, 1.807) is 10.7 Å². The standard InChI is InChI=1S/C26H27N3O3/c1-18(2)24-22(15-27-25-23(26(30)31)16-28-29(24)25)20-11-8-12-21(14-13-20)32-17-19-9-6-4-3-5-7-10-19/h3-4,7-11,13-16,18H,5-6,12,17H2,1-2H3,(H,30,31)/b4-3-,10-7?,19-9+. The molecule has 0 fully saturated rings. The molecular formula is C26H27N3O3. The predicted molar refractivity (Wildman–Crippen MR) is 125 cm³/mol. The number of carboxylic acids is 1. The van der Waals surface area contributed by atoms with Crippen LogP contribution in [0.25, 0.3) is 11.2 Å². The van der Waals surface area contributed by atoms with Gasteiger partial charge in [-0.15, -0.1) is 0 Å². The second-order valence-corrected chi connectivity index (χ2v) is 8.08. The molecule has 0 unspecified atom stereocenters. The highest BCUT2D eigenvalue weighted by Crippen LogP contribution is 2.29. The van der Waals surface area contributed by atoms with Crippen molar-refractivity contribution in [1.82, 2.24) is 14.6 Å². The number of aromatic carboxylic acids is 1. The van der Waals surface area contributed by atoms with Crippen LogP contribution in [0.3, 0.4) is 0 Å². The fraction of sp³-hybridized carbons (Fsp3) is 0.269. The summed E-state index contributed by atoms with van der Waals surface area (Å²) >= 11 is 0. The Morgan fingerprint density at radius 3 is 2.78 bits per heavy atom. The molecular weight excluding hydrogens is 402 g/mol. The Morgan fingerprint density at radius 1 is 1.12 bits per heavy atom. The summed E-state index contributed by atoms with van der Waals surface area (Å²) in [6, 6.07) is 0. The molecule has 2 aliphatic rings. The van der Waals surface area contributed by atoms with Gasteiger partial charge >= 0.3 is 5.97 Å². The van der Waals surface area contributed by atoms with E-state index in [1.165, 1.54) is 11.8 Å². The van der Waals surface area contributed by atoms with Gasteiger partial charge in [0.1, 0.15) is 17.9 Å². The number of hydrogen-bond donors (Lipinski definition) is 1. The van der Waals surface area contributed by atoms with E-state index in [2.05, 4.69) is 66.5 Å². The Labute approximate surface area is 187 Å². The molecule has 6 heteroatoms. The van der Waals surface area contributed by atoms with Gasteiger partial charge in [-0.1, -0.05) is 62.5 Å². The van der Waals surface area contributed by atoms with Gasteiger partial charge in [0.2, 0.25) is 0 Å². The molecule has 6 nitrogen and oxygen atoms in total. The first-order valence-corrected chi connectivity index (χ1v) is 10.9. The van der Waals surface area contributed by atoms with E-state index in [0.717, 1.165) is 35.4 Å². The summed E-state index contributed by atoms with van der Waals surface area (Å²) < 4.78 is 7.73. The first-order chi connectivity index (χ1) is 15.5. The van der Waals surface area contributed by atoms with Gasteiger partial charge in [-0.3, -0.25) is 0 Å². The van der Waals surface area contributed by atoms with Crippen LogP contribution < -0.4 is 0 Å². The normalized spacial score (nSPS) is 18.9. The third-order valence-corrected chi connectivity index (χ3v) is 5.43. The van der Waals surface area contributed by atoms with Crippen LogP contribution in [0.15, 0.2) is 78.4 Å². The Morgan fingerprint density at radius 2 is 1.97 bits per heavy atom. The minimum Gasteiger partial charge on any atom is -0.493 e. The van der Waals surface area contributed by atoms with Gasteiger partial charge < -0.3 is 9.84 Å². The molecule has 0 spiro atoms. The summed E-state index contributed by atoms with van der Waals surface area (Å²) in [6.45, 7) is 4.68. The zero-order valence-corrected chi connectivity index (χ0v) is 18.4. The SMILES string of the molecule is CC(C)c1c(C2=CC=C(OC/C3=C/C/C=C\CC=C3)CC=C2)cnc2c(C(=O)O)cnn12. The number of allylic oxidation sites excluding steroid dienone is 9. The third-order valence-electron chi connectivity index (χ3n) is 5.43. The molecule has 0 atom stereocenters. The lowest BCUT2D eigenvalue weighted by Crippen LogP contribution is -2.08. The van der Waals surface area contributed by atoms with Crippen molar-refractivity contribution in [3.63, 3.8) is 0 Å². The first kappa shape index (κ1) is 21.6. The van der Waals surface area contributed by atoms with E-state index in [1.807, 2.05) is 12.2 Å². The maximum Gasteiger partial charge on any atom is 0.341 e. The zero-order chi connectivity index (χ0) is 22.5. The van der Waals surface area contributed by atoms with Gasteiger partial charge in [0.05, 0.1) is 11.9 Å². The van der Waals surface area contributed by atoms with E-state index >= 15 is 0 Å². The molecule has 2 aromatic rings. The lowest BCUT2D eigenvalue weighted by molar-refractivity contribution is 0.0698. The lowest BCUT2D eigenvalue weighted by atomic mass is 9.98. The number of carboxylic acid groups (broad SMARTS) is 1. The molecule has 32 heavy (non-hydrogen) atoms. The smallest absolute Gasteiger partial charge is 0.341 e. The second-order valence-electron chi connectivity index (χ2n) is 8.08. The van der Waals surface area contributed by atoms with Crippen LogP contribution in [-0.2, 0) is 4.74 Å². The van der Waals surface area contributed by atoms with Crippen LogP contribution in [0, 0.1) is 0 Å². The second kappa shape index (κ2) is 9.64. The Balaban J connectivity index is 1.61. The highest BCUT2D eigenvalue weighted by molar-refractivity contribution is 5.94. The molecule has 1 N–H and O–H groups in total. The van der Waals surface area contributed by atoms with Crippen molar-refractivity contribution >= 4 is 17.2 Å². The maximum atomic E-state index is 11.5. The summed E-state index contributed by atoms with van der Waals surface area (Å²) in [5.41, 5.74) is 4.49. The summed E-state index contributed by atoms with van der Waals surface area (Å²) in [6.07, 6.45) is 24.6. The average molecular weight is 430 g/mol. The minimum atomic E-state index is -1.03. The maximum absolute atomic E-state index is 11.5. The fourth-order valence-corrected chi connectivity index (χ4v) is 3.83. The van der Waals surface area contributed by atoms with Crippen molar-refractivity contribution in [2.75, 3.05) is 6.61 Å². The topological polar surface area (TPSA) is 76.7 Å². The molecule has 0 aromatic carbocycles. The number of ether oxygens (including phenoxy) is 1. The third kappa shape index (κ3) is 4.64. The molecule has 0 saturated heterocycles. The van der Waals surface area contributed by atoms with Crippen LogP contribution in [0.2, 0.25) is 0 Å². The predicted octanol–water partition coefficient (Wildman–Crippen LogP) is 5.63. The van der Waals surface area contributed by atoms with Crippen LogP contribution >= 0.6 is 0 Å². The summed E-state index contributed by atoms with van der Waals surface area (Å²) in [5, 5.41) is 13.7. The molecule has 0 aliphatic heterocycles. The quantitative estimate of drug-likeness (QED) is 0.603. The van der Waals surface area contributed by atoms with Gasteiger partial charge in [0.15, 0.2) is 5.65 Å². The Kier molecular flexibility index (Phi) is 6.50. The van der Waals surface area contributed by atoms with Gasteiger partial charge in [0.25, 0.3) is 0 Å². The molecule has 2 heterocycles. The van der Waals surface area contributed by atoms with Crippen molar-refractivity contribution in [3.8, 4) is 0 Å². The molecule has 2 aliphatic carbocycles. The zero-order valence-electron chi connectivity index (χ0n) is 18.4. The molecule has 164 valence electrons. The fourth-order valence-electron chi connectivity index (χ4n) is 3.83. The van der Waals surface area contributed by atoms with Gasteiger partial charge in [-0.05, 0) is 36.0 Å². The summed E-state index contributed by atoms with van der Waals surface area (Å²) in [5.74, 6) is -0.00420. The lowest BCUT2D eigenvalue weighted by Gasteiger charge is -2.15. The van der Waals surface area contributed by atoms with Crippen LogP contribution in [0.4, 0.5) is 0 Å². The van der Waals surface area contributed by atoms with E-state index < -0.39 is 5.97 Å². The summed E-state index contributed by atoms with van der Waals surface area (Å²) in [7, 11) is 0. The average Bonchev–Trinajstić information content (AvgIpc) is 3.04. The van der Waals surface area contributed by atoms with Crippen molar-refractivity contribution in [2.24, 2.45) is 0 Å². The largest absolute Gasteiger partial charge is 0.493 e. The first-order valence-electron chi connectivity index (χ1n) is 10.9. The molecule has 0 radical (unpaired) electrons. The number of carbonyl (C=O) groups is 1. The number of nitrogens with zero attached hydrogens (tertiary/aromatic N) is 3. The van der Waals surface area contributed by atoms with Crippen molar-refractivity contribution in [1.29, 1.82) is 0 Å². The van der Waals surface area contributed by atoms with Crippen molar-refractivity contribution in [2.45, 2.75) is 39.0 Å². The molecule has 0 saturated carbocycles. The number of hydrogen-bond acceptors (Lipinski definition) is 4. The molecule has 0 bridgehead atoms. The van der Waals surface area contributed by atoms with Crippen molar-refractivity contribution in [3.05, 3.63) is 95.2 Å². The monoisotopic (exact) mass is 429 g/mol. The van der Waals surface area contributed by atoms with Crippen molar-refractivity contribution < 1.29 is 14.6 Å². The van der Waals surface area contributed by atoms with Gasteiger partial charge in [-0.2, -0.15) is 5.10 Å². The molecule has 2 aromatic heterocycles. The summed E-state index contributed by atoms with van der Waals surface area (Å²) in [4.78, 5) is 15.9. The van der Waals surface area contributed by atoms with Crippen LogP contribution in [-0.4, -0.2) is 32.3 Å². The molecule has 0 amide bonds.